The zero-order valence-electron chi connectivity index (χ0n) is 15.7. The summed E-state index contributed by atoms with van der Waals surface area (Å²) in [5.41, 5.74) is 0.485. The monoisotopic (exact) mass is 447 g/mol. The number of alkyl halides is 3. The number of carbonyl (C=O) groups excluding carboxylic acids is 2. The van der Waals surface area contributed by atoms with Gasteiger partial charge in [0.05, 0.1) is 17.3 Å². The molecule has 1 unspecified atom stereocenters. The molecule has 1 aromatic carbocycles. The second kappa shape index (κ2) is 8.90. The molecule has 0 saturated carbocycles. The molecule has 0 bridgehead atoms. The van der Waals surface area contributed by atoms with Crippen molar-refractivity contribution in [2.45, 2.75) is 31.7 Å². The highest BCUT2D eigenvalue weighted by molar-refractivity contribution is 6.30. The van der Waals surface area contributed by atoms with Crippen molar-refractivity contribution in [2.75, 3.05) is 13.1 Å². The molecule has 2 aromatic rings. The molecule has 0 spiro atoms. The molecule has 3 atom stereocenters. The summed E-state index contributed by atoms with van der Waals surface area (Å²) in [4.78, 5) is 25.9. The third-order valence-corrected chi connectivity index (χ3v) is 5.01. The average molecular weight is 448 g/mol. The van der Waals surface area contributed by atoms with Gasteiger partial charge in [-0.15, -0.1) is 0 Å². The third-order valence-electron chi connectivity index (χ3n) is 4.72. The summed E-state index contributed by atoms with van der Waals surface area (Å²) in [6.45, 7) is 2.05. The van der Waals surface area contributed by atoms with Crippen LogP contribution in [0, 0.1) is 5.82 Å². The fourth-order valence-corrected chi connectivity index (χ4v) is 3.26. The zero-order chi connectivity index (χ0) is 22.0. The Morgan fingerprint density at radius 2 is 2.07 bits per heavy atom. The van der Waals surface area contributed by atoms with E-state index in [4.69, 9.17) is 11.6 Å². The molecular formula is C18H18ClF4N5O2. The number of nitrogens with zero attached hydrogens (tertiary/aromatic N) is 3. The normalized spacial score (nSPS) is 18.8. The minimum Gasteiger partial charge on any atom is -0.353 e. The van der Waals surface area contributed by atoms with Crippen LogP contribution < -0.4 is 10.6 Å². The van der Waals surface area contributed by atoms with Crippen LogP contribution in [-0.2, 0) is 4.79 Å². The van der Waals surface area contributed by atoms with Crippen LogP contribution in [0.15, 0.2) is 30.6 Å². The Kier molecular flexibility index (Phi) is 6.49. The molecule has 2 N–H and O–H groups in total. The van der Waals surface area contributed by atoms with Gasteiger partial charge < -0.3 is 15.5 Å². The maximum absolute atomic E-state index is 13.6. The number of nitrogens with one attached hydrogen (secondary N) is 2. The maximum atomic E-state index is 13.6. The van der Waals surface area contributed by atoms with Crippen molar-refractivity contribution in [1.29, 1.82) is 0 Å². The Morgan fingerprint density at radius 1 is 1.33 bits per heavy atom. The van der Waals surface area contributed by atoms with Gasteiger partial charge in [-0.25, -0.2) is 27.0 Å². The van der Waals surface area contributed by atoms with E-state index in [1.807, 2.05) is 0 Å². The summed E-state index contributed by atoms with van der Waals surface area (Å²) in [7, 11) is 0. The lowest BCUT2D eigenvalue weighted by Gasteiger charge is -2.34. The van der Waals surface area contributed by atoms with E-state index in [1.165, 1.54) is 17.0 Å². The molecule has 1 aliphatic heterocycles. The van der Waals surface area contributed by atoms with Gasteiger partial charge in [0, 0.05) is 24.8 Å². The van der Waals surface area contributed by atoms with Gasteiger partial charge in [0.15, 0.2) is 0 Å². The van der Waals surface area contributed by atoms with Crippen LogP contribution in [-0.4, -0.2) is 52.2 Å². The Morgan fingerprint density at radius 3 is 2.73 bits per heavy atom. The van der Waals surface area contributed by atoms with Crippen molar-refractivity contribution >= 4 is 23.5 Å². The van der Waals surface area contributed by atoms with Gasteiger partial charge in [0.2, 0.25) is 5.91 Å². The smallest absolute Gasteiger partial charge is 0.318 e. The topological polar surface area (TPSA) is 79.3 Å². The first-order valence-corrected chi connectivity index (χ1v) is 9.33. The maximum Gasteiger partial charge on any atom is 0.318 e. The number of rotatable bonds is 5. The minimum absolute atomic E-state index is 0.170. The number of aromatic nitrogens is 2. The van der Waals surface area contributed by atoms with Crippen LogP contribution in [0.2, 0.25) is 5.02 Å². The van der Waals surface area contributed by atoms with E-state index in [9.17, 15) is 27.2 Å². The van der Waals surface area contributed by atoms with Gasteiger partial charge in [-0.2, -0.15) is 5.10 Å². The van der Waals surface area contributed by atoms with E-state index in [0.717, 1.165) is 18.5 Å². The fourth-order valence-electron chi connectivity index (χ4n) is 3.07. The van der Waals surface area contributed by atoms with Crippen molar-refractivity contribution in [3.63, 3.8) is 0 Å². The largest absolute Gasteiger partial charge is 0.353 e. The van der Waals surface area contributed by atoms with E-state index >= 15 is 0 Å². The van der Waals surface area contributed by atoms with Crippen molar-refractivity contribution in [3.8, 4) is 0 Å². The second-order valence-electron chi connectivity index (χ2n) is 6.68. The number of hydrogen-bond acceptors (Lipinski definition) is 3. The summed E-state index contributed by atoms with van der Waals surface area (Å²) in [6, 6.07) is 1.30. The molecule has 0 aliphatic carbocycles. The lowest BCUT2D eigenvalue weighted by molar-refractivity contribution is -0.126. The lowest BCUT2D eigenvalue weighted by Crippen LogP contribution is -2.58. The van der Waals surface area contributed by atoms with Gasteiger partial charge in [-0.05, 0) is 24.6 Å². The number of halogens is 5. The lowest BCUT2D eigenvalue weighted by atomic mass is 10.0. The van der Waals surface area contributed by atoms with Crippen molar-refractivity contribution in [2.24, 2.45) is 0 Å². The molecular weight excluding hydrogens is 430 g/mol. The number of hydrogen-bond donors (Lipinski definition) is 2. The summed E-state index contributed by atoms with van der Waals surface area (Å²) in [6.07, 6.45) is -3.83. The predicted octanol–water partition coefficient (Wildman–Crippen LogP) is 3.03. The standard InChI is InChI=1S/C18H18ClF4N5O2/c1-9-17(29)24-4-5-27(9)18(30)26-14(10-2-3-13(20)12(19)6-10)11-7-25-28(8-11)16(23)15(21)22/h2-3,6-9,14-16H,4-5H2,1H3,(H,24,29)(H,26,30)/t9-,14+,16?/m1/s1. The molecule has 30 heavy (non-hydrogen) atoms. The first kappa shape index (κ1) is 21.9. The van der Waals surface area contributed by atoms with Gasteiger partial charge in [0.25, 0.3) is 12.7 Å². The average Bonchev–Trinajstić information content (AvgIpc) is 3.19. The molecule has 3 rings (SSSR count). The van der Waals surface area contributed by atoms with Crippen LogP contribution >= 0.6 is 11.6 Å². The quantitative estimate of drug-likeness (QED) is 0.691. The van der Waals surface area contributed by atoms with E-state index < -0.39 is 36.7 Å². The molecule has 2 heterocycles. The number of amides is 3. The Bertz CT molecular complexity index is 941. The molecule has 0 radical (unpaired) electrons. The molecule has 12 heteroatoms. The van der Waals surface area contributed by atoms with Crippen LogP contribution in [0.1, 0.15) is 30.4 Å². The second-order valence-corrected chi connectivity index (χ2v) is 7.08. The summed E-state index contributed by atoms with van der Waals surface area (Å²) in [5.74, 6) is -1.02. The minimum atomic E-state index is -3.29. The van der Waals surface area contributed by atoms with E-state index in [2.05, 4.69) is 15.7 Å². The van der Waals surface area contributed by atoms with E-state index in [1.54, 1.807) is 6.92 Å². The Balaban J connectivity index is 1.93. The van der Waals surface area contributed by atoms with Gasteiger partial charge in [-0.3, -0.25) is 4.79 Å². The summed E-state index contributed by atoms with van der Waals surface area (Å²) >= 11 is 5.84. The van der Waals surface area contributed by atoms with Crippen LogP contribution in [0.4, 0.5) is 22.4 Å². The fraction of sp³-hybridized carbons (Fsp3) is 0.389. The van der Waals surface area contributed by atoms with E-state index in [0.29, 0.717) is 10.2 Å². The Labute approximate surface area is 174 Å². The van der Waals surface area contributed by atoms with Crippen molar-refractivity contribution in [3.05, 3.63) is 52.6 Å². The predicted molar refractivity (Wildman–Crippen MR) is 99.3 cm³/mol. The van der Waals surface area contributed by atoms with Crippen LogP contribution in [0.3, 0.4) is 0 Å². The van der Waals surface area contributed by atoms with Gasteiger partial charge in [-0.1, -0.05) is 17.7 Å². The molecule has 3 amide bonds. The molecule has 1 aliphatic rings. The molecule has 1 saturated heterocycles. The SMILES string of the molecule is C[C@@H]1C(=O)NCCN1C(=O)N[C@@H](c1ccc(F)c(Cl)c1)c1cnn(C(F)C(F)F)c1. The van der Waals surface area contributed by atoms with Crippen molar-refractivity contribution < 1.29 is 27.2 Å². The molecule has 1 fully saturated rings. The highest BCUT2D eigenvalue weighted by Crippen LogP contribution is 2.28. The molecule has 1 aromatic heterocycles. The van der Waals surface area contributed by atoms with Crippen LogP contribution in [0.25, 0.3) is 0 Å². The van der Waals surface area contributed by atoms with Crippen LogP contribution in [0.5, 0.6) is 0 Å². The van der Waals surface area contributed by atoms with E-state index in [-0.39, 0.29) is 29.6 Å². The van der Waals surface area contributed by atoms with Gasteiger partial charge >= 0.3 is 6.03 Å². The third kappa shape index (κ3) is 4.50. The number of piperazine rings is 1. The highest BCUT2D eigenvalue weighted by Gasteiger charge is 2.32. The highest BCUT2D eigenvalue weighted by atomic mass is 35.5. The molecule has 162 valence electrons. The molecule has 7 nitrogen and oxygen atoms in total. The van der Waals surface area contributed by atoms with Gasteiger partial charge in [0.1, 0.15) is 11.9 Å². The number of benzene rings is 1. The summed E-state index contributed by atoms with van der Waals surface area (Å²) < 4.78 is 53.0. The number of carbonyl (C=O) groups is 2. The first-order valence-electron chi connectivity index (χ1n) is 8.95. The van der Waals surface area contributed by atoms with Crippen molar-refractivity contribution in [1.82, 2.24) is 25.3 Å². The zero-order valence-corrected chi connectivity index (χ0v) is 16.4. The first-order chi connectivity index (χ1) is 14.2. The number of urea groups is 1. The Hall–Kier alpha value is -2.82. The summed E-state index contributed by atoms with van der Waals surface area (Å²) in [5, 5.41) is 8.66.